The van der Waals surface area contributed by atoms with Crippen LogP contribution in [-0.4, -0.2) is 31.4 Å². The number of thioether (sulfide) groups is 1. The van der Waals surface area contributed by atoms with Gasteiger partial charge in [0.25, 0.3) is 0 Å². The summed E-state index contributed by atoms with van der Waals surface area (Å²) in [5, 5.41) is 14.3. The molecule has 0 radical (unpaired) electrons. The van der Waals surface area contributed by atoms with Crippen LogP contribution in [0.25, 0.3) is 16.4 Å². The Kier molecular flexibility index (Phi) is 5.79. The van der Waals surface area contributed by atoms with Crippen molar-refractivity contribution in [2.75, 3.05) is 5.75 Å². The van der Waals surface area contributed by atoms with Crippen LogP contribution in [-0.2, 0) is 11.3 Å². The molecule has 0 aliphatic carbocycles. The third-order valence-corrected chi connectivity index (χ3v) is 5.73. The number of carbonyl (C=O) groups excluding carboxylic acids is 1. The number of pyridine rings is 1. The first kappa shape index (κ1) is 18.4. The SMILES string of the molecule is O=C(CSc1nnc(-c2cccs2)n1-c1ccccc1)NCc1cccnc1. The molecule has 4 rings (SSSR count). The van der Waals surface area contributed by atoms with E-state index in [-0.39, 0.29) is 11.7 Å². The van der Waals surface area contributed by atoms with Crippen LogP contribution in [0.1, 0.15) is 5.56 Å². The fraction of sp³-hybridized carbons (Fsp3) is 0.100. The molecule has 0 spiro atoms. The molecule has 0 saturated carbocycles. The molecule has 4 aromatic rings. The Morgan fingerprint density at radius 2 is 1.96 bits per heavy atom. The highest BCUT2D eigenvalue weighted by Gasteiger charge is 2.17. The van der Waals surface area contributed by atoms with E-state index in [0.717, 1.165) is 22.0 Å². The number of hydrogen-bond donors (Lipinski definition) is 1. The van der Waals surface area contributed by atoms with E-state index < -0.39 is 0 Å². The van der Waals surface area contributed by atoms with E-state index in [1.165, 1.54) is 11.8 Å². The van der Waals surface area contributed by atoms with Gasteiger partial charge in [-0.25, -0.2) is 0 Å². The second kappa shape index (κ2) is 8.81. The van der Waals surface area contributed by atoms with Gasteiger partial charge in [-0.15, -0.1) is 21.5 Å². The van der Waals surface area contributed by atoms with Crippen LogP contribution in [0.15, 0.2) is 77.5 Å². The Morgan fingerprint density at radius 1 is 1.07 bits per heavy atom. The molecule has 0 bridgehead atoms. The van der Waals surface area contributed by atoms with Gasteiger partial charge >= 0.3 is 0 Å². The topological polar surface area (TPSA) is 72.7 Å². The molecule has 1 N–H and O–H groups in total. The van der Waals surface area contributed by atoms with E-state index in [2.05, 4.69) is 20.5 Å². The van der Waals surface area contributed by atoms with Crippen LogP contribution in [0, 0.1) is 0 Å². The number of carbonyl (C=O) groups is 1. The van der Waals surface area contributed by atoms with Crippen molar-refractivity contribution in [3.8, 4) is 16.4 Å². The molecule has 3 aromatic heterocycles. The Hall–Kier alpha value is -2.97. The molecule has 8 heteroatoms. The van der Waals surface area contributed by atoms with Gasteiger partial charge in [-0.05, 0) is 35.2 Å². The van der Waals surface area contributed by atoms with Gasteiger partial charge in [0.1, 0.15) is 0 Å². The van der Waals surface area contributed by atoms with Gasteiger partial charge in [0.2, 0.25) is 5.91 Å². The van der Waals surface area contributed by atoms with Crippen molar-refractivity contribution in [3.63, 3.8) is 0 Å². The molecule has 6 nitrogen and oxygen atoms in total. The monoisotopic (exact) mass is 407 g/mol. The average molecular weight is 408 g/mol. The summed E-state index contributed by atoms with van der Waals surface area (Å²) >= 11 is 2.98. The first-order valence-corrected chi connectivity index (χ1v) is 10.5. The fourth-order valence-corrected chi connectivity index (χ4v) is 4.10. The van der Waals surface area contributed by atoms with Crippen LogP contribution >= 0.6 is 23.1 Å². The van der Waals surface area contributed by atoms with Crippen LogP contribution in [0.5, 0.6) is 0 Å². The zero-order chi connectivity index (χ0) is 19.2. The second-order valence-electron chi connectivity index (χ2n) is 5.88. The van der Waals surface area contributed by atoms with Gasteiger partial charge in [-0.1, -0.05) is 42.1 Å². The fourth-order valence-electron chi connectivity index (χ4n) is 2.62. The van der Waals surface area contributed by atoms with Crippen molar-refractivity contribution < 1.29 is 4.79 Å². The van der Waals surface area contributed by atoms with Crippen molar-refractivity contribution >= 4 is 29.0 Å². The number of aromatic nitrogens is 4. The largest absolute Gasteiger partial charge is 0.351 e. The van der Waals surface area contributed by atoms with Gasteiger partial charge in [-0.3, -0.25) is 14.3 Å². The number of amides is 1. The van der Waals surface area contributed by atoms with Crippen molar-refractivity contribution in [2.24, 2.45) is 0 Å². The highest BCUT2D eigenvalue weighted by molar-refractivity contribution is 7.99. The molecular formula is C20H17N5OS2. The summed E-state index contributed by atoms with van der Waals surface area (Å²) in [4.78, 5) is 17.3. The number of rotatable bonds is 7. The van der Waals surface area contributed by atoms with Gasteiger partial charge in [-0.2, -0.15) is 0 Å². The first-order chi connectivity index (χ1) is 13.8. The third kappa shape index (κ3) is 4.29. The van der Waals surface area contributed by atoms with Crippen LogP contribution in [0.3, 0.4) is 0 Å². The van der Waals surface area contributed by atoms with Crippen LogP contribution in [0.4, 0.5) is 0 Å². The Morgan fingerprint density at radius 3 is 2.71 bits per heavy atom. The van der Waals surface area contributed by atoms with E-state index in [4.69, 9.17) is 0 Å². The standard InChI is InChI=1S/C20H17N5OS2/c26-18(22-13-15-6-4-10-21-12-15)14-28-20-24-23-19(17-9-5-11-27-17)25(20)16-7-2-1-3-8-16/h1-12H,13-14H2,(H,22,26). The summed E-state index contributed by atoms with van der Waals surface area (Å²) in [5.74, 6) is 0.976. The number of nitrogens with zero attached hydrogens (tertiary/aromatic N) is 4. The number of thiophene rings is 1. The highest BCUT2D eigenvalue weighted by atomic mass is 32.2. The third-order valence-electron chi connectivity index (χ3n) is 3.93. The van der Waals surface area contributed by atoms with Gasteiger partial charge in [0, 0.05) is 24.6 Å². The van der Waals surface area contributed by atoms with E-state index >= 15 is 0 Å². The zero-order valence-electron chi connectivity index (χ0n) is 14.9. The van der Waals surface area contributed by atoms with Gasteiger partial charge in [0.05, 0.1) is 10.6 Å². The maximum Gasteiger partial charge on any atom is 0.230 e. The lowest BCUT2D eigenvalue weighted by atomic mass is 10.3. The predicted octanol–water partition coefficient (Wildman–Crippen LogP) is 3.80. The molecule has 0 aliphatic heterocycles. The van der Waals surface area contributed by atoms with Crippen molar-refractivity contribution in [2.45, 2.75) is 11.7 Å². The van der Waals surface area contributed by atoms with Gasteiger partial charge < -0.3 is 5.32 Å². The molecule has 1 amide bonds. The Balaban J connectivity index is 1.49. The minimum absolute atomic E-state index is 0.0610. The molecule has 3 heterocycles. The highest BCUT2D eigenvalue weighted by Crippen LogP contribution is 2.30. The maximum absolute atomic E-state index is 12.3. The lowest BCUT2D eigenvalue weighted by Crippen LogP contribution is -2.24. The summed E-state index contributed by atoms with van der Waals surface area (Å²) in [5.41, 5.74) is 1.93. The molecule has 0 aliphatic rings. The number of hydrogen-bond acceptors (Lipinski definition) is 6. The van der Waals surface area contributed by atoms with E-state index in [9.17, 15) is 4.79 Å². The summed E-state index contributed by atoms with van der Waals surface area (Å²) < 4.78 is 1.99. The minimum atomic E-state index is -0.0610. The lowest BCUT2D eigenvalue weighted by molar-refractivity contribution is -0.118. The summed E-state index contributed by atoms with van der Waals surface area (Å²) in [6.45, 7) is 0.457. The summed E-state index contributed by atoms with van der Waals surface area (Å²) in [6.07, 6.45) is 3.45. The molecule has 0 fully saturated rings. The van der Waals surface area contributed by atoms with E-state index in [1.54, 1.807) is 23.7 Å². The normalized spacial score (nSPS) is 10.7. The van der Waals surface area contributed by atoms with E-state index in [1.807, 2.05) is 64.5 Å². The average Bonchev–Trinajstić information content (AvgIpc) is 3.41. The maximum atomic E-state index is 12.3. The van der Waals surface area contributed by atoms with Crippen molar-refractivity contribution in [1.29, 1.82) is 0 Å². The number of para-hydroxylation sites is 1. The van der Waals surface area contributed by atoms with Crippen molar-refractivity contribution in [3.05, 3.63) is 77.9 Å². The quantitative estimate of drug-likeness (QED) is 0.472. The predicted molar refractivity (Wildman–Crippen MR) is 111 cm³/mol. The summed E-state index contributed by atoms with van der Waals surface area (Å²) in [6, 6.07) is 17.7. The molecule has 28 heavy (non-hydrogen) atoms. The van der Waals surface area contributed by atoms with E-state index in [0.29, 0.717) is 11.7 Å². The smallest absolute Gasteiger partial charge is 0.230 e. The first-order valence-electron chi connectivity index (χ1n) is 8.64. The molecule has 140 valence electrons. The molecular weight excluding hydrogens is 390 g/mol. The summed E-state index contributed by atoms with van der Waals surface area (Å²) in [7, 11) is 0. The molecule has 1 aromatic carbocycles. The molecule has 0 unspecified atom stereocenters. The van der Waals surface area contributed by atoms with Crippen LogP contribution in [0.2, 0.25) is 0 Å². The van der Waals surface area contributed by atoms with Gasteiger partial charge in [0.15, 0.2) is 11.0 Å². The Bertz CT molecular complexity index is 1030. The lowest BCUT2D eigenvalue weighted by Gasteiger charge is -2.09. The Labute approximate surface area is 170 Å². The van der Waals surface area contributed by atoms with Crippen LogP contribution < -0.4 is 5.32 Å². The minimum Gasteiger partial charge on any atom is -0.351 e. The number of nitrogens with one attached hydrogen (secondary N) is 1. The number of benzene rings is 1. The molecule has 0 saturated heterocycles. The zero-order valence-corrected chi connectivity index (χ0v) is 16.5. The second-order valence-corrected chi connectivity index (χ2v) is 7.77. The molecule has 0 atom stereocenters. The van der Waals surface area contributed by atoms with Crippen molar-refractivity contribution in [1.82, 2.24) is 25.1 Å².